The van der Waals surface area contributed by atoms with Crippen LogP contribution in [0.15, 0.2) is 18.2 Å². The lowest BCUT2D eigenvalue weighted by atomic mass is 10.1. The van der Waals surface area contributed by atoms with Crippen LogP contribution in [0, 0.1) is 12.3 Å². The van der Waals surface area contributed by atoms with Crippen LogP contribution in [0.1, 0.15) is 12.0 Å². The summed E-state index contributed by atoms with van der Waals surface area (Å²) in [7, 11) is 0. The van der Waals surface area contributed by atoms with Crippen molar-refractivity contribution in [2.45, 2.75) is 12.8 Å². The molecule has 0 aliphatic carbocycles. The van der Waals surface area contributed by atoms with Gasteiger partial charge in [0.15, 0.2) is 0 Å². The largest absolute Gasteiger partial charge is 0.120 e. The minimum atomic E-state index is 0.589. The lowest BCUT2D eigenvalue weighted by molar-refractivity contribution is 1.03. The number of hydrogen-bond donors (Lipinski definition) is 0. The molecule has 2 heteroatoms. The maximum atomic E-state index is 5.93. The van der Waals surface area contributed by atoms with E-state index in [-0.39, 0.29) is 0 Å². The molecule has 0 saturated heterocycles. The molecule has 0 spiro atoms. The Kier molecular flexibility index (Phi) is 3.47. The van der Waals surface area contributed by atoms with E-state index in [2.05, 4.69) is 5.92 Å². The molecular weight excluding hydrogens is 191 g/mol. The molecule has 62 valence electrons. The van der Waals surface area contributed by atoms with Crippen LogP contribution in [0.4, 0.5) is 0 Å². The van der Waals surface area contributed by atoms with Crippen LogP contribution in [-0.2, 0) is 6.42 Å². The quantitative estimate of drug-likeness (QED) is 0.638. The Balaban J connectivity index is 2.86. The normalized spacial score (nSPS) is 9.42. The second-order valence-corrected chi connectivity index (χ2v) is 3.20. The van der Waals surface area contributed by atoms with Crippen molar-refractivity contribution in [2.24, 2.45) is 0 Å². The smallest absolute Gasteiger partial charge is 0.0624 e. The van der Waals surface area contributed by atoms with Crippen molar-refractivity contribution in [3.8, 4) is 12.3 Å². The molecule has 0 N–H and O–H groups in total. The number of halogens is 2. The summed E-state index contributed by atoms with van der Waals surface area (Å²) < 4.78 is 0. The molecule has 0 fully saturated rings. The van der Waals surface area contributed by atoms with Crippen molar-refractivity contribution in [3.63, 3.8) is 0 Å². The molecular formula is C10H8Cl2. The molecule has 0 nitrogen and oxygen atoms in total. The lowest BCUT2D eigenvalue weighted by Crippen LogP contribution is -1.85. The van der Waals surface area contributed by atoms with E-state index in [1.807, 2.05) is 12.1 Å². The van der Waals surface area contributed by atoms with Gasteiger partial charge in [-0.1, -0.05) is 35.3 Å². The summed E-state index contributed by atoms with van der Waals surface area (Å²) in [6.45, 7) is 0. The van der Waals surface area contributed by atoms with E-state index in [1.165, 1.54) is 0 Å². The highest BCUT2D eigenvalue weighted by atomic mass is 35.5. The van der Waals surface area contributed by atoms with Crippen molar-refractivity contribution in [2.75, 3.05) is 0 Å². The first-order valence-electron chi connectivity index (χ1n) is 3.62. The third kappa shape index (κ3) is 2.17. The Bertz CT molecular complexity index is 310. The molecule has 1 aromatic rings. The predicted octanol–water partition coefficient (Wildman–Crippen LogP) is 3.56. The summed E-state index contributed by atoms with van der Waals surface area (Å²) in [5, 5.41) is 1.21. The van der Waals surface area contributed by atoms with Gasteiger partial charge >= 0.3 is 0 Å². The van der Waals surface area contributed by atoms with E-state index in [4.69, 9.17) is 29.6 Å². The monoisotopic (exact) mass is 198 g/mol. The molecule has 1 aromatic carbocycles. The fourth-order valence-corrected chi connectivity index (χ4v) is 1.36. The predicted molar refractivity (Wildman–Crippen MR) is 53.6 cm³/mol. The average molecular weight is 199 g/mol. The van der Waals surface area contributed by atoms with Crippen LogP contribution in [0.3, 0.4) is 0 Å². The minimum absolute atomic E-state index is 0.589. The van der Waals surface area contributed by atoms with E-state index in [1.54, 1.807) is 6.07 Å². The van der Waals surface area contributed by atoms with Gasteiger partial charge in [0.1, 0.15) is 0 Å². The van der Waals surface area contributed by atoms with Gasteiger partial charge in [-0.3, -0.25) is 0 Å². The van der Waals surface area contributed by atoms with Crippen molar-refractivity contribution in [1.82, 2.24) is 0 Å². The first-order chi connectivity index (χ1) is 5.75. The third-order valence-electron chi connectivity index (χ3n) is 1.57. The fourth-order valence-electron chi connectivity index (χ4n) is 0.948. The SMILES string of the molecule is C#CCCc1cccc(Cl)c1Cl. The average Bonchev–Trinajstić information content (AvgIpc) is 2.08. The van der Waals surface area contributed by atoms with Crippen LogP contribution >= 0.6 is 23.2 Å². The zero-order valence-corrected chi connectivity index (χ0v) is 7.99. The van der Waals surface area contributed by atoms with Gasteiger partial charge < -0.3 is 0 Å². The molecule has 0 saturated carbocycles. The van der Waals surface area contributed by atoms with Gasteiger partial charge in [-0.25, -0.2) is 0 Å². The molecule has 0 amide bonds. The summed E-state index contributed by atoms with van der Waals surface area (Å²) in [6, 6.07) is 5.58. The molecule has 1 rings (SSSR count). The Hall–Kier alpha value is -0.640. The summed E-state index contributed by atoms with van der Waals surface area (Å²) in [5.74, 6) is 2.56. The number of terminal acetylenes is 1. The van der Waals surface area contributed by atoms with Crippen molar-refractivity contribution < 1.29 is 0 Å². The first kappa shape index (κ1) is 9.45. The molecule has 0 unspecified atom stereocenters. The van der Waals surface area contributed by atoms with Crippen molar-refractivity contribution in [1.29, 1.82) is 0 Å². The van der Waals surface area contributed by atoms with Crippen LogP contribution in [0.25, 0.3) is 0 Å². The molecule has 0 aliphatic rings. The van der Waals surface area contributed by atoms with E-state index in [0.29, 0.717) is 16.5 Å². The summed E-state index contributed by atoms with van der Waals surface area (Å²) in [4.78, 5) is 0. The third-order valence-corrected chi connectivity index (χ3v) is 2.43. The maximum absolute atomic E-state index is 5.93. The number of rotatable bonds is 2. The second kappa shape index (κ2) is 4.40. The Morgan fingerprint density at radius 3 is 2.75 bits per heavy atom. The van der Waals surface area contributed by atoms with E-state index in [0.717, 1.165) is 12.0 Å². The van der Waals surface area contributed by atoms with Crippen LogP contribution in [-0.4, -0.2) is 0 Å². The van der Waals surface area contributed by atoms with Crippen LogP contribution in [0.2, 0.25) is 10.0 Å². The highest BCUT2D eigenvalue weighted by Crippen LogP contribution is 2.26. The minimum Gasteiger partial charge on any atom is -0.120 e. The zero-order valence-electron chi connectivity index (χ0n) is 6.48. The van der Waals surface area contributed by atoms with Crippen molar-refractivity contribution in [3.05, 3.63) is 33.8 Å². The van der Waals surface area contributed by atoms with Gasteiger partial charge in [-0.15, -0.1) is 12.3 Å². The fraction of sp³-hybridized carbons (Fsp3) is 0.200. The Labute approximate surface area is 82.5 Å². The number of hydrogen-bond acceptors (Lipinski definition) is 0. The Morgan fingerprint density at radius 1 is 1.33 bits per heavy atom. The van der Waals surface area contributed by atoms with Gasteiger partial charge in [0, 0.05) is 6.42 Å². The van der Waals surface area contributed by atoms with Gasteiger partial charge in [0.05, 0.1) is 10.0 Å². The van der Waals surface area contributed by atoms with E-state index >= 15 is 0 Å². The number of aryl methyl sites for hydroxylation is 1. The zero-order chi connectivity index (χ0) is 8.97. The highest BCUT2D eigenvalue weighted by molar-refractivity contribution is 6.42. The first-order valence-corrected chi connectivity index (χ1v) is 4.37. The molecule has 0 aliphatic heterocycles. The van der Waals surface area contributed by atoms with Gasteiger partial charge in [-0.05, 0) is 18.1 Å². The molecule has 0 radical (unpaired) electrons. The van der Waals surface area contributed by atoms with Gasteiger partial charge in [0.2, 0.25) is 0 Å². The van der Waals surface area contributed by atoms with Crippen molar-refractivity contribution >= 4 is 23.2 Å². The maximum Gasteiger partial charge on any atom is 0.0624 e. The van der Waals surface area contributed by atoms with E-state index < -0.39 is 0 Å². The standard InChI is InChI=1S/C10H8Cl2/c1-2-3-5-8-6-4-7-9(11)10(8)12/h1,4,6-7H,3,5H2. The molecule has 12 heavy (non-hydrogen) atoms. The molecule has 0 aromatic heterocycles. The van der Waals surface area contributed by atoms with Gasteiger partial charge in [0.25, 0.3) is 0 Å². The Morgan fingerprint density at radius 2 is 2.08 bits per heavy atom. The summed E-state index contributed by atoms with van der Waals surface area (Å²) in [5.41, 5.74) is 1.02. The summed E-state index contributed by atoms with van der Waals surface area (Å²) >= 11 is 11.7. The summed E-state index contributed by atoms with van der Waals surface area (Å²) in [6.07, 6.45) is 6.62. The lowest BCUT2D eigenvalue weighted by Gasteiger charge is -2.02. The van der Waals surface area contributed by atoms with Gasteiger partial charge in [-0.2, -0.15) is 0 Å². The van der Waals surface area contributed by atoms with Crippen LogP contribution in [0.5, 0.6) is 0 Å². The molecule has 0 atom stereocenters. The topological polar surface area (TPSA) is 0 Å². The molecule has 0 heterocycles. The number of benzene rings is 1. The highest BCUT2D eigenvalue weighted by Gasteiger charge is 2.02. The van der Waals surface area contributed by atoms with Crippen LogP contribution < -0.4 is 0 Å². The second-order valence-electron chi connectivity index (χ2n) is 2.42. The van der Waals surface area contributed by atoms with E-state index in [9.17, 15) is 0 Å². The molecule has 0 bridgehead atoms.